The van der Waals surface area contributed by atoms with Crippen LogP contribution in [0.3, 0.4) is 0 Å². The van der Waals surface area contributed by atoms with Gasteiger partial charge in [0.1, 0.15) is 11.6 Å². The molecule has 2 atom stereocenters. The summed E-state index contributed by atoms with van der Waals surface area (Å²) in [6.45, 7) is 6.03. The van der Waals surface area contributed by atoms with Crippen molar-refractivity contribution < 1.29 is 13.9 Å². The number of aromatic amines is 1. The van der Waals surface area contributed by atoms with E-state index < -0.39 is 29.3 Å². The first-order valence-corrected chi connectivity index (χ1v) is 12.5. The van der Waals surface area contributed by atoms with E-state index in [1.54, 1.807) is 6.07 Å². The molecule has 6 heteroatoms. The van der Waals surface area contributed by atoms with Gasteiger partial charge in [0.15, 0.2) is 0 Å². The average Bonchev–Trinajstić information content (AvgIpc) is 3.26. The van der Waals surface area contributed by atoms with E-state index in [9.17, 15) is 5.11 Å². The maximum Gasteiger partial charge on any atom is 0.140 e. The van der Waals surface area contributed by atoms with Crippen molar-refractivity contribution in [3.8, 4) is 11.1 Å². The normalized spacial score (nSPS) is 18.6. The summed E-state index contributed by atoms with van der Waals surface area (Å²) >= 11 is 0. The van der Waals surface area contributed by atoms with E-state index in [0.29, 0.717) is 23.3 Å². The highest BCUT2D eigenvalue weighted by atomic mass is 19.1. The van der Waals surface area contributed by atoms with Gasteiger partial charge in [0.2, 0.25) is 0 Å². The van der Waals surface area contributed by atoms with Crippen molar-refractivity contribution in [2.24, 2.45) is 0 Å². The number of nitrogens with one attached hydrogen (secondary N) is 3. The number of fused-ring (bicyclic) bond motifs is 3. The van der Waals surface area contributed by atoms with Gasteiger partial charge in [-0.2, -0.15) is 0 Å². The first-order valence-electron chi connectivity index (χ1n) is 12.5. The lowest BCUT2D eigenvalue weighted by Crippen LogP contribution is -2.54. The highest BCUT2D eigenvalue weighted by molar-refractivity contribution is 5.96. The molecule has 2 heterocycles. The van der Waals surface area contributed by atoms with E-state index in [-0.39, 0.29) is 11.1 Å². The first kappa shape index (κ1) is 23.6. The Hall–Kier alpha value is -3.74. The second-order valence-corrected chi connectivity index (χ2v) is 10.5. The van der Waals surface area contributed by atoms with Crippen LogP contribution in [0.2, 0.25) is 0 Å². The Labute approximate surface area is 214 Å². The summed E-state index contributed by atoms with van der Waals surface area (Å²) in [7, 11) is 0. The van der Waals surface area contributed by atoms with Gasteiger partial charge in [0.05, 0.1) is 28.8 Å². The summed E-state index contributed by atoms with van der Waals surface area (Å²) in [6, 6.07) is 20.2. The quantitative estimate of drug-likeness (QED) is 0.217. The number of benzene rings is 4. The number of aliphatic hydroxyl groups is 1. The predicted octanol–water partition coefficient (Wildman–Crippen LogP) is 6.97. The Morgan fingerprint density at radius 2 is 1.70 bits per heavy atom. The van der Waals surface area contributed by atoms with Crippen molar-refractivity contribution >= 4 is 27.4 Å². The number of halogens is 2. The lowest BCUT2D eigenvalue weighted by Gasteiger charge is -2.44. The van der Waals surface area contributed by atoms with Crippen molar-refractivity contribution in [3.05, 3.63) is 101 Å². The number of para-hydroxylation sites is 1. The zero-order valence-corrected chi connectivity index (χ0v) is 21.0. The summed E-state index contributed by atoms with van der Waals surface area (Å²) < 4.78 is 32.0. The SMILES string of the molecule is Cc1c[nH]c2c(-c3c(F)cc4c(c3F)[C@@H](NCc3cccc5ccccc35)[C@H](O)C(C)(C)N4)cccc12. The van der Waals surface area contributed by atoms with E-state index in [4.69, 9.17) is 0 Å². The average molecular weight is 498 g/mol. The van der Waals surface area contributed by atoms with Crippen molar-refractivity contribution in [3.63, 3.8) is 0 Å². The van der Waals surface area contributed by atoms with Gasteiger partial charge in [0.25, 0.3) is 0 Å². The van der Waals surface area contributed by atoms with Crippen molar-refractivity contribution in [2.75, 3.05) is 5.32 Å². The molecule has 4 N–H and O–H groups in total. The van der Waals surface area contributed by atoms with Crippen LogP contribution in [0, 0.1) is 18.6 Å². The van der Waals surface area contributed by atoms with Crippen molar-refractivity contribution in [2.45, 2.75) is 45.0 Å². The molecule has 5 aromatic rings. The second kappa shape index (κ2) is 8.68. The molecular formula is C31H29F2N3O. The van der Waals surface area contributed by atoms with E-state index in [1.165, 1.54) is 6.07 Å². The van der Waals surface area contributed by atoms with E-state index in [0.717, 1.165) is 27.3 Å². The van der Waals surface area contributed by atoms with Gasteiger partial charge in [-0.25, -0.2) is 8.78 Å². The molecule has 0 unspecified atom stereocenters. The fourth-order valence-corrected chi connectivity index (χ4v) is 5.67. The van der Waals surface area contributed by atoms with Gasteiger partial charge in [-0.05, 0) is 48.7 Å². The molecular weight excluding hydrogens is 468 g/mol. The molecule has 0 saturated carbocycles. The van der Waals surface area contributed by atoms with Gasteiger partial charge in [-0.15, -0.1) is 0 Å². The van der Waals surface area contributed by atoms with Gasteiger partial charge in [0, 0.05) is 34.9 Å². The largest absolute Gasteiger partial charge is 0.389 e. The summed E-state index contributed by atoms with van der Waals surface area (Å²) in [5.41, 5.74) is 2.86. The number of H-pyrrole nitrogens is 1. The van der Waals surface area contributed by atoms with Gasteiger partial charge >= 0.3 is 0 Å². The highest BCUT2D eigenvalue weighted by Crippen LogP contribution is 2.44. The third-order valence-corrected chi connectivity index (χ3v) is 7.66. The van der Waals surface area contributed by atoms with Crippen LogP contribution in [0.25, 0.3) is 32.8 Å². The molecule has 1 aliphatic rings. The summed E-state index contributed by atoms with van der Waals surface area (Å²) in [6.07, 6.45) is 0.872. The minimum atomic E-state index is -0.966. The third-order valence-electron chi connectivity index (χ3n) is 7.66. The maximum absolute atomic E-state index is 16.4. The molecule has 4 nitrogen and oxygen atoms in total. The number of aromatic nitrogens is 1. The topological polar surface area (TPSA) is 60.1 Å². The zero-order chi connectivity index (χ0) is 25.9. The van der Waals surface area contributed by atoms with Crippen LogP contribution >= 0.6 is 0 Å². The Kier molecular flexibility index (Phi) is 5.55. The molecule has 37 heavy (non-hydrogen) atoms. The summed E-state index contributed by atoms with van der Waals surface area (Å²) in [4.78, 5) is 3.17. The van der Waals surface area contributed by atoms with E-state index >= 15 is 8.78 Å². The van der Waals surface area contributed by atoms with Crippen LogP contribution in [0.4, 0.5) is 14.5 Å². The lowest BCUT2D eigenvalue weighted by atomic mass is 9.80. The molecule has 0 saturated heterocycles. The van der Waals surface area contributed by atoms with Crippen LogP contribution < -0.4 is 10.6 Å². The monoisotopic (exact) mass is 497 g/mol. The van der Waals surface area contributed by atoms with E-state index in [2.05, 4.69) is 21.7 Å². The Balaban J connectivity index is 1.48. The van der Waals surface area contributed by atoms with Gasteiger partial charge in [-0.3, -0.25) is 0 Å². The first-order chi connectivity index (χ1) is 17.8. The summed E-state index contributed by atoms with van der Waals surface area (Å²) in [5, 5.41) is 21.1. The van der Waals surface area contributed by atoms with Crippen LogP contribution in [-0.2, 0) is 6.54 Å². The summed E-state index contributed by atoms with van der Waals surface area (Å²) in [5.74, 6) is -1.32. The Morgan fingerprint density at radius 3 is 2.54 bits per heavy atom. The molecule has 1 aliphatic heterocycles. The fourth-order valence-electron chi connectivity index (χ4n) is 5.67. The molecule has 0 bridgehead atoms. The lowest BCUT2D eigenvalue weighted by molar-refractivity contribution is 0.0663. The van der Waals surface area contributed by atoms with E-state index in [1.807, 2.05) is 75.5 Å². The molecule has 0 spiro atoms. The van der Waals surface area contributed by atoms with Crippen LogP contribution in [0.1, 0.15) is 36.6 Å². The Morgan fingerprint density at radius 1 is 0.973 bits per heavy atom. The highest BCUT2D eigenvalue weighted by Gasteiger charge is 2.43. The molecule has 0 amide bonds. The van der Waals surface area contributed by atoms with Crippen molar-refractivity contribution in [1.29, 1.82) is 0 Å². The minimum absolute atomic E-state index is 0.100. The van der Waals surface area contributed by atoms with Gasteiger partial charge < -0.3 is 20.7 Å². The third kappa shape index (κ3) is 3.79. The number of hydrogen-bond donors (Lipinski definition) is 4. The maximum atomic E-state index is 16.4. The minimum Gasteiger partial charge on any atom is -0.389 e. The number of hydrogen-bond acceptors (Lipinski definition) is 3. The number of rotatable bonds is 4. The molecule has 6 rings (SSSR count). The fraction of sp³-hybridized carbons (Fsp3) is 0.226. The van der Waals surface area contributed by atoms with Crippen LogP contribution in [-0.4, -0.2) is 21.7 Å². The number of aliphatic hydroxyl groups excluding tert-OH is 1. The molecule has 0 fully saturated rings. The second-order valence-electron chi connectivity index (χ2n) is 10.5. The molecule has 0 radical (unpaired) electrons. The van der Waals surface area contributed by atoms with Crippen LogP contribution in [0.5, 0.6) is 0 Å². The zero-order valence-electron chi connectivity index (χ0n) is 21.0. The Bertz CT molecular complexity index is 1650. The molecule has 1 aromatic heterocycles. The number of aryl methyl sites for hydroxylation is 1. The molecule has 0 aliphatic carbocycles. The van der Waals surface area contributed by atoms with Crippen molar-refractivity contribution in [1.82, 2.24) is 10.3 Å². The predicted molar refractivity (Wildman–Crippen MR) is 146 cm³/mol. The standard InChI is InChI=1S/C31H29F2N3O/c1-17-15-34-28-20(17)12-7-13-22(28)25-23(32)14-24-26(27(25)33)29(30(37)31(2,3)36-24)35-16-19-10-6-9-18-8-4-5-11-21(18)19/h4-15,29-30,34-37H,16H2,1-3H3/t29-,30+/m1/s1. The smallest absolute Gasteiger partial charge is 0.140 e. The molecule has 4 aromatic carbocycles. The molecule has 188 valence electrons. The number of anilines is 1. The van der Waals surface area contributed by atoms with Crippen LogP contribution in [0.15, 0.2) is 72.9 Å². The van der Waals surface area contributed by atoms with Gasteiger partial charge in [-0.1, -0.05) is 60.7 Å².